The summed E-state index contributed by atoms with van der Waals surface area (Å²) in [6, 6.07) is 7.31. The molecule has 2 aromatic rings. The van der Waals surface area contributed by atoms with E-state index in [1.807, 2.05) is 12.1 Å². The summed E-state index contributed by atoms with van der Waals surface area (Å²) in [5.74, 6) is 0.778. The zero-order valence-corrected chi connectivity index (χ0v) is 13.0. The summed E-state index contributed by atoms with van der Waals surface area (Å²) in [5.41, 5.74) is 1.63. The molecule has 3 rings (SSSR count). The number of carbonyl (C=O) groups is 1. The number of nitrogens with one attached hydrogen (secondary N) is 1. The van der Waals surface area contributed by atoms with Gasteiger partial charge in [0.25, 0.3) is 5.91 Å². The summed E-state index contributed by atoms with van der Waals surface area (Å²) < 4.78 is 5.17. The summed E-state index contributed by atoms with van der Waals surface area (Å²) in [4.78, 5) is 12.2. The van der Waals surface area contributed by atoms with Gasteiger partial charge in [0.05, 0.1) is 11.8 Å². The molecule has 1 fully saturated rings. The van der Waals surface area contributed by atoms with Gasteiger partial charge in [0.15, 0.2) is 0 Å². The van der Waals surface area contributed by atoms with Crippen molar-refractivity contribution in [2.24, 2.45) is 0 Å². The zero-order chi connectivity index (χ0) is 15.0. The lowest BCUT2D eigenvalue weighted by Gasteiger charge is -2.38. The van der Waals surface area contributed by atoms with Crippen LogP contribution in [0.1, 0.15) is 40.4 Å². The number of halogens is 2. The van der Waals surface area contributed by atoms with Crippen molar-refractivity contribution in [2.45, 2.75) is 31.7 Å². The van der Waals surface area contributed by atoms with Crippen LogP contribution in [-0.2, 0) is 0 Å². The van der Waals surface area contributed by atoms with E-state index in [9.17, 15) is 4.79 Å². The molecular weight excluding hydrogens is 309 g/mol. The molecule has 1 amide bonds. The quantitative estimate of drug-likeness (QED) is 0.898. The summed E-state index contributed by atoms with van der Waals surface area (Å²) in [7, 11) is 0. The summed E-state index contributed by atoms with van der Waals surface area (Å²) in [5, 5.41) is 4.34. The Labute approximate surface area is 133 Å². The molecule has 3 nitrogen and oxygen atoms in total. The topological polar surface area (TPSA) is 42.2 Å². The normalized spacial score (nSPS) is 20.9. The van der Waals surface area contributed by atoms with Crippen LogP contribution < -0.4 is 5.32 Å². The van der Waals surface area contributed by atoms with E-state index in [0.717, 1.165) is 18.4 Å². The van der Waals surface area contributed by atoms with Gasteiger partial charge < -0.3 is 9.73 Å². The van der Waals surface area contributed by atoms with Crippen molar-refractivity contribution < 1.29 is 9.21 Å². The molecule has 1 aromatic heterocycles. The Hall–Kier alpha value is -1.45. The van der Waals surface area contributed by atoms with E-state index in [2.05, 4.69) is 5.32 Å². The van der Waals surface area contributed by atoms with E-state index >= 15 is 0 Å². The van der Waals surface area contributed by atoms with Gasteiger partial charge in [-0.2, -0.15) is 0 Å². The van der Waals surface area contributed by atoms with Crippen LogP contribution >= 0.6 is 23.2 Å². The first-order chi connectivity index (χ1) is 10.1. The standard InChI is InChI=1S/C16H15Cl2NO2/c1-9-11(6-7-21-9)16(20)19-15-5-4-13(15)12-3-2-10(17)8-14(12)18/h2-3,6-8,13,15H,4-5H2,1H3,(H,19,20). The molecule has 0 saturated heterocycles. The average Bonchev–Trinajstić information content (AvgIpc) is 2.84. The van der Waals surface area contributed by atoms with Crippen LogP contribution in [0, 0.1) is 6.92 Å². The third-order valence-corrected chi connectivity index (χ3v) is 4.62. The summed E-state index contributed by atoms with van der Waals surface area (Å²) >= 11 is 12.2. The lowest BCUT2D eigenvalue weighted by Crippen LogP contribution is -2.45. The molecule has 21 heavy (non-hydrogen) atoms. The maximum absolute atomic E-state index is 12.2. The number of furan rings is 1. The molecule has 2 atom stereocenters. The average molecular weight is 324 g/mol. The molecule has 5 heteroatoms. The second-order valence-electron chi connectivity index (χ2n) is 5.32. The lowest BCUT2D eigenvalue weighted by molar-refractivity contribution is 0.0903. The number of hydrogen-bond acceptors (Lipinski definition) is 2. The highest BCUT2D eigenvalue weighted by Crippen LogP contribution is 2.41. The fourth-order valence-corrected chi connectivity index (χ4v) is 3.26. The molecule has 1 aliphatic rings. The SMILES string of the molecule is Cc1occc1C(=O)NC1CCC1c1ccc(Cl)cc1Cl. The predicted molar refractivity (Wildman–Crippen MR) is 83.1 cm³/mol. The number of hydrogen-bond donors (Lipinski definition) is 1. The fourth-order valence-electron chi connectivity index (χ4n) is 2.71. The Morgan fingerprint density at radius 1 is 1.29 bits per heavy atom. The van der Waals surface area contributed by atoms with E-state index < -0.39 is 0 Å². The van der Waals surface area contributed by atoms with Crippen LogP contribution in [0.5, 0.6) is 0 Å². The highest BCUT2D eigenvalue weighted by molar-refractivity contribution is 6.35. The van der Waals surface area contributed by atoms with E-state index in [1.165, 1.54) is 6.26 Å². The van der Waals surface area contributed by atoms with Gasteiger partial charge in [-0.3, -0.25) is 4.79 Å². The van der Waals surface area contributed by atoms with Crippen molar-refractivity contribution in [3.05, 3.63) is 57.5 Å². The van der Waals surface area contributed by atoms with Crippen molar-refractivity contribution in [3.63, 3.8) is 0 Å². The number of amides is 1. The molecule has 0 bridgehead atoms. The van der Waals surface area contributed by atoms with Crippen LogP contribution in [0.3, 0.4) is 0 Å². The molecule has 0 aliphatic heterocycles. The number of carbonyl (C=O) groups excluding carboxylic acids is 1. The second kappa shape index (κ2) is 5.74. The molecule has 2 unspecified atom stereocenters. The summed E-state index contributed by atoms with van der Waals surface area (Å²) in [6.45, 7) is 1.78. The van der Waals surface area contributed by atoms with Gasteiger partial charge in [-0.1, -0.05) is 29.3 Å². The minimum absolute atomic E-state index is 0.0963. The smallest absolute Gasteiger partial charge is 0.255 e. The minimum Gasteiger partial charge on any atom is -0.469 e. The number of benzene rings is 1. The Kier molecular flexibility index (Phi) is 3.96. The first-order valence-corrected chi connectivity index (χ1v) is 7.62. The van der Waals surface area contributed by atoms with Crippen LogP contribution in [0.4, 0.5) is 0 Å². The van der Waals surface area contributed by atoms with Crippen LogP contribution in [-0.4, -0.2) is 11.9 Å². The van der Waals surface area contributed by atoms with Gasteiger partial charge in [-0.15, -0.1) is 0 Å². The van der Waals surface area contributed by atoms with E-state index in [1.54, 1.807) is 19.1 Å². The van der Waals surface area contributed by atoms with Crippen LogP contribution in [0.15, 0.2) is 34.9 Å². The third kappa shape index (κ3) is 2.81. The van der Waals surface area contributed by atoms with Crippen molar-refractivity contribution in [2.75, 3.05) is 0 Å². The highest BCUT2D eigenvalue weighted by atomic mass is 35.5. The molecule has 110 valence electrons. The molecule has 1 N–H and O–H groups in total. The molecule has 1 saturated carbocycles. The molecule has 0 spiro atoms. The van der Waals surface area contributed by atoms with Gasteiger partial charge >= 0.3 is 0 Å². The maximum atomic E-state index is 12.2. The van der Waals surface area contributed by atoms with Gasteiger partial charge in [0.2, 0.25) is 0 Å². The monoisotopic (exact) mass is 323 g/mol. The Bertz CT molecular complexity index is 681. The Morgan fingerprint density at radius 3 is 2.67 bits per heavy atom. The van der Waals surface area contributed by atoms with E-state index in [-0.39, 0.29) is 17.9 Å². The van der Waals surface area contributed by atoms with Crippen molar-refractivity contribution in [3.8, 4) is 0 Å². The Morgan fingerprint density at radius 2 is 2.10 bits per heavy atom. The first kappa shape index (κ1) is 14.5. The van der Waals surface area contributed by atoms with E-state index in [0.29, 0.717) is 21.4 Å². The van der Waals surface area contributed by atoms with Gasteiger partial charge in [0.1, 0.15) is 5.76 Å². The lowest BCUT2D eigenvalue weighted by atomic mass is 9.75. The van der Waals surface area contributed by atoms with Crippen molar-refractivity contribution >= 4 is 29.1 Å². The maximum Gasteiger partial charge on any atom is 0.255 e. The van der Waals surface area contributed by atoms with Crippen molar-refractivity contribution in [1.29, 1.82) is 0 Å². The third-order valence-electron chi connectivity index (χ3n) is 4.06. The zero-order valence-electron chi connectivity index (χ0n) is 11.5. The highest BCUT2D eigenvalue weighted by Gasteiger charge is 2.35. The second-order valence-corrected chi connectivity index (χ2v) is 6.16. The Balaban J connectivity index is 1.73. The summed E-state index contributed by atoms with van der Waals surface area (Å²) in [6.07, 6.45) is 3.49. The minimum atomic E-state index is -0.0963. The molecule has 1 heterocycles. The number of aryl methyl sites for hydroxylation is 1. The van der Waals surface area contributed by atoms with Crippen LogP contribution in [0.25, 0.3) is 0 Å². The van der Waals surface area contributed by atoms with Gasteiger partial charge in [-0.25, -0.2) is 0 Å². The largest absolute Gasteiger partial charge is 0.469 e. The van der Waals surface area contributed by atoms with E-state index in [4.69, 9.17) is 27.6 Å². The first-order valence-electron chi connectivity index (χ1n) is 6.86. The van der Waals surface area contributed by atoms with Gasteiger partial charge in [0, 0.05) is 22.0 Å². The molecule has 1 aromatic carbocycles. The van der Waals surface area contributed by atoms with Crippen LogP contribution in [0.2, 0.25) is 10.0 Å². The van der Waals surface area contributed by atoms with Crippen molar-refractivity contribution in [1.82, 2.24) is 5.32 Å². The van der Waals surface area contributed by atoms with Gasteiger partial charge in [-0.05, 0) is 43.5 Å². The molecule has 0 radical (unpaired) electrons. The fraction of sp³-hybridized carbons (Fsp3) is 0.312. The number of rotatable bonds is 3. The molecular formula is C16H15Cl2NO2. The molecule has 1 aliphatic carbocycles. The predicted octanol–water partition coefficient (Wildman–Crippen LogP) is 4.57.